The highest BCUT2D eigenvalue weighted by Crippen LogP contribution is 2.36. The van der Waals surface area contributed by atoms with Gasteiger partial charge in [-0.05, 0) is 107 Å². The first-order valence-corrected chi connectivity index (χ1v) is 19.0. The van der Waals surface area contributed by atoms with Crippen LogP contribution in [0.15, 0.2) is 89.9 Å². The van der Waals surface area contributed by atoms with E-state index in [1.807, 2.05) is 79.9 Å². The van der Waals surface area contributed by atoms with Crippen molar-refractivity contribution in [3.05, 3.63) is 112 Å². The highest BCUT2D eigenvalue weighted by atomic mass is 19.1. The molecule has 54 heavy (non-hydrogen) atoms. The van der Waals surface area contributed by atoms with Crippen LogP contribution in [0.4, 0.5) is 9.18 Å². The molecule has 0 radical (unpaired) electrons. The smallest absolute Gasteiger partial charge is 0.407 e. The lowest BCUT2D eigenvalue weighted by Crippen LogP contribution is -2.44. The second kappa shape index (κ2) is 18.6. The standard InChI is InChI=1S/C42H51FN8O3/c1-29(46-42(53)54-28-31-11-4-3-5-12-31)10-6-13-34-14-7-16-37(47-34)38-26-33-27-51(41(52)49-40(33)48-38)36-20-18-32(19-21-36)39-17-8-15-35(22-24-45-30(2)44)50(39)25-9-23-43/h3-5,7,11-12,14,16,18-21,26-27,29,35,39H,6,8-10,13,15,17,22-25,28H2,1-2H3,(H2,44,45)(H,46,53)(H,48,49,52)/t29-,35?,39-/m0/s1. The van der Waals surface area contributed by atoms with Gasteiger partial charge in [0.05, 0.1) is 29.6 Å². The van der Waals surface area contributed by atoms with Gasteiger partial charge in [-0.25, -0.2) is 9.59 Å². The summed E-state index contributed by atoms with van der Waals surface area (Å²) in [4.78, 5) is 40.4. The number of amidine groups is 1. The number of carbonyl (C=O) groups is 1. The number of amides is 1. The summed E-state index contributed by atoms with van der Waals surface area (Å²) < 4.78 is 20.2. The summed E-state index contributed by atoms with van der Waals surface area (Å²) in [6, 6.07) is 26.0. The van der Waals surface area contributed by atoms with Crippen LogP contribution >= 0.6 is 0 Å². The van der Waals surface area contributed by atoms with Crippen molar-refractivity contribution in [2.45, 2.75) is 89.9 Å². The summed E-state index contributed by atoms with van der Waals surface area (Å²) in [5, 5.41) is 14.5. The number of pyridine rings is 1. The molecule has 1 amide bonds. The fourth-order valence-corrected chi connectivity index (χ4v) is 7.38. The average Bonchev–Trinajstić information content (AvgIpc) is 3.59. The number of alkyl halides is 1. The van der Waals surface area contributed by atoms with Crippen molar-refractivity contribution in [3.8, 4) is 17.1 Å². The number of ether oxygens (including phenoxy) is 1. The first-order chi connectivity index (χ1) is 26.3. The topological polar surface area (TPSA) is 141 Å². The van der Waals surface area contributed by atoms with Gasteiger partial charge >= 0.3 is 11.8 Å². The molecule has 1 aliphatic heterocycles. The number of likely N-dealkylation sites (tertiary alicyclic amines) is 1. The van der Waals surface area contributed by atoms with E-state index in [-0.39, 0.29) is 31.1 Å². The third kappa shape index (κ3) is 10.2. The number of hydrogen-bond acceptors (Lipinski definition) is 7. The van der Waals surface area contributed by atoms with Crippen molar-refractivity contribution in [1.29, 1.82) is 5.41 Å². The second-order valence-corrected chi connectivity index (χ2v) is 14.2. The van der Waals surface area contributed by atoms with Gasteiger partial charge in [-0.2, -0.15) is 4.98 Å². The van der Waals surface area contributed by atoms with E-state index in [0.29, 0.717) is 30.5 Å². The second-order valence-electron chi connectivity index (χ2n) is 14.2. The first kappa shape index (κ1) is 38.4. The Balaban J connectivity index is 1.08. The molecule has 0 aliphatic carbocycles. The largest absolute Gasteiger partial charge is 0.445 e. The Kier molecular flexibility index (Phi) is 13.2. The summed E-state index contributed by atoms with van der Waals surface area (Å²) in [5.74, 6) is 0.459. The van der Waals surface area contributed by atoms with E-state index >= 15 is 0 Å². The molecule has 11 nitrogen and oxygen atoms in total. The maximum atomic E-state index is 13.3. The molecule has 0 spiro atoms. The number of H-pyrrole nitrogens is 1. The fourth-order valence-electron chi connectivity index (χ4n) is 7.38. The van der Waals surface area contributed by atoms with Crippen LogP contribution in [-0.4, -0.2) is 68.2 Å². The SMILES string of the molecule is CC(=N)NCCC1CCC[C@@H](c2ccc(-n3cc4cc(-c5cccc(CCC[C@H](C)NC(=O)OCc6ccccc6)n5)[nH]c4nc3=O)cc2)N1CCCF. The number of carbonyl (C=O) groups excluding carboxylic acids is 1. The molecule has 1 aliphatic rings. The number of halogens is 1. The third-order valence-electron chi connectivity index (χ3n) is 10.1. The number of piperidine rings is 1. The van der Waals surface area contributed by atoms with Crippen LogP contribution < -0.4 is 16.3 Å². The molecule has 3 atom stereocenters. The van der Waals surface area contributed by atoms with Gasteiger partial charge in [0.25, 0.3) is 0 Å². The average molecular weight is 735 g/mol. The van der Waals surface area contributed by atoms with Crippen LogP contribution in [0, 0.1) is 5.41 Å². The van der Waals surface area contributed by atoms with Crippen LogP contribution in [0.2, 0.25) is 0 Å². The molecule has 1 unspecified atom stereocenters. The zero-order valence-corrected chi connectivity index (χ0v) is 31.2. The van der Waals surface area contributed by atoms with E-state index in [9.17, 15) is 14.0 Å². The number of aryl methyl sites for hydroxylation is 1. The van der Waals surface area contributed by atoms with Crippen molar-refractivity contribution in [3.63, 3.8) is 0 Å². The maximum absolute atomic E-state index is 13.3. The van der Waals surface area contributed by atoms with Crippen molar-refractivity contribution in [2.75, 3.05) is 19.8 Å². The Labute approximate surface area is 315 Å². The number of rotatable bonds is 16. The van der Waals surface area contributed by atoms with Gasteiger partial charge < -0.3 is 20.4 Å². The van der Waals surface area contributed by atoms with Gasteiger partial charge in [0.15, 0.2) is 0 Å². The molecule has 0 bridgehead atoms. The van der Waals surface area contributed by atoms with Crippen LogP contribution in [0.3, 0.4) is 0 Å². The maximum Gasteiger partial charge on any atom is 0.407 e. The predicted octanol–water partition coefficient (Wildman–Crippen LogP) is 7.65. The monoisotopic (exact) mass is 734 g/mol. The van der Waals surface area contributed by atoms with Gasteiger partial charge in [0.2, 0.25) is 0 Å². The lowest BCUT2D eigenvalue weighted by molar-refractivity contribution is 0.0741. The van der Waals surface area contributed by atoms with E-state index in [0.717, 1.165) is 90.8 Å². The van der Waals surface area contributed by atoms with E-state index in [2.05, 4.69) is 37.6 Å². The summed E-state index contributed by atoms with van der Waals surface area (Å²) in [6.45, 7) is 5.02. The lowest BCUT2D eigenvalue weighted by atomic mass is 9.89. The molecule has 6 rings (SSSR count). The predicted molar refractivity (Wildman–Crippen MR) is 211 cm³/mol. The zero-order valence-electron chi connectivity index (χ0n) is 31.2. The lowest BCUT2D eigenvalue weighted by Gasteiger charge is -2.43. The number of alkyl carbamates (subject to hydrolysis) is 1. The molecule has 12 heteroatoms. The number of aromatic nitrogens is 4. The Morgan fingerprint density at radius 1 is 1.06 bits per heavy atom. The van der Waals surface area contributed by atoms with Crippen molar-refractivity contribution >= 4 is 23.0 Å². The fraction of sp³-hybridized carbons (Fsp3) is 0.405. The van der Waals surface area contributed by atoms with Crippen molar-refractivity contribution in [2.24, 2.45) is 0 Å². The van der Waals surface area contributed by atoms with Crippen LogP contribution in [0.5, 0.6) is 0 Å². The Bertz CT molecular complexity index is 2050. The van der Waals surface area contributed by atoms with Gasteiger partial charge in [-0.3, -0.25) is 24.3 Å². The quantitative estimate of drug-likeness (QED) is 0.0603. The number of fused-ring (bicyclic) bond motifs is 1. The molecule has 2 aromatic carbocycles. The molecule has 4 heterocycles. The molecule has 1 fully saturated rings. The number of hydrogen-bond donors (Lipinski definition) is 4. The number of nitrogens with one attached hydrogen (secondary N) is 4. The van der Waals surface area contributed by atoms with Crippen molar-refractivity contribution < 1.29 is 13.9 Å². The highest BCUT2D eigenvalue weighted by molar-refractivity contribution is 5.81. The van der Waals surface area contributed by atoms with Crippen molar-refractivity contribution in [1.82, 2.24) is 35.1 Å². The van der Waals surface area contributed by atoms with E-state index < -0.39 is 6.09 Å². The van der Waals surface area contributed by atoms with Crippen LogP contribution in [-0.2, 0) is 17.8 Å². The molecule has 0 saturated carbocycles. The van der Waals surface area contributed by atoms with Gasteiger partial charge in [0.1, 0.15) is 12.3 Å². The first-order valence-electron chi connectivity index (χ1n) is 19.0. The van der Waals surface area contributed by atoms with Crippen LogP contribution in [0.1, 0.15) is 81.7 Å². The summed E-state index contributed by atoms with van der Waals surface area (Å²) in [7, 11) is 0. The Morgan fingerprint density at radius 3 is 2.65 bits per heavy atom. The number of benzene rings is 2. The molecule has 1 saturated heterocycles. The zero-order chi connectivity index (χ0) is 37.9. The van der Waals surface area contributed by atoms with E-state index in [1.165, 1.54) is 0 Å². The molecule has 5 aromatic rings. The molecular formula is C42H51FN8O3. The van der Waals surface area contributed by atoms with Gasteiger partial charge in [-0.1, -0.05) is 48.5 Å². The molecule has 4 N–H and O–H groups in total. The minimum atomic E-state index is -0.426. The summed E-state index contributed by atoms with van der Waals surface area (Å²) in [6.07, 6.45) is 8.29. The summed E-state index contributed by atoms with van der Waals surface area (Å²) in [5.41, 5.74) is 5.41. The molecule has 3 aromatic heterocycles. The summed E-state index contributed by atoms with van der Waals surface area (Å²) >= 11 is 0. The Morgan fingerprint density at radius 2 is 1.87 bits per heavy atom. The molecule has 284 valence electrons. The van der Waals surface area contributed by atoms with E-state index in [4.69, 9.17) is 15.1 Å². The minimum Gasteiger partial charge on any atom is -0.445 e. The normalized spacial score (nSPS) is 16.6. The van der Waals surface area contributed by atoms with E-state index in [1.54, 1.807) is 11.5 Å². The molecular weight excluding hydrogens is 684 g/mol. The van der Waals surface area contributed by atoms with Gasteiger partial charge in [-0.15, -0.1) is 0 Å². The van der Waals surface area contributed by atoms with Crippen LogP contribution in [0.25, 0.3) is 28.1 Å². The number of nitrogens with zero attached hydrogens (tertiary/aromatic N) is 4. The number of aromatic amines is 1. The minimum absolute atomic E-state index is 0.0435. The van der Waals surface area contributed by atoms with Gasteiger partial charge in [0, 0.05) is 48.5 Å². The highest BCUT2D eigenvalue weighted by Gasteiger charge is 2.31. The Hall–Kier alpha value is -5.36. The third-order valence-corrected chi connectivity index (χ3v) is 10.1.